The molecule has 0 spiro atoms. The van der Waals surface area contributed by atoms with Crippen molar-refractivity contribution in [3.05, 3.63) is 65.1 Å². The van der Waals surface area contributed by atoms with Crippen LogP contribution < -0.4 is 15.4 Å². The first-order valence-electron chi connectivity index (χ1n) is 8.12. The number of aromatic nitrogens is 2. The largest absolute Gasteiger partial charge is 0.492 e. The Balaban J connectivity index is 1.85. The summed E-state index contributed by atoms with van der Waals surface area (Å²) in [5.74, 6) is 1.25. The number of anilines is 4. The topological polar surface area (TPSA) is 59.1 Å². The van der Waals surface area contributed by atoms with Crippen LogP contribution in [-0.2, 0) is 0 Å². The number of nitrogens with one attached hydrogen (secondary N) is 2. The van der Waals surface area contributed by atoms with E-state index >= 15 is 0 Å². The van der Waals surface area contributed by atoms with Gasteiger partial charge >= 0.3 is 0 Å². The smallest absolute Gasteiger partial charge is 0.229 e. The number of aryl methyl sites for hydroxylation is 1. The van der Waals surface area contributed by atoms with Crippen LogP contribution in [0.1, 0.15) is 12.6 Å². The van der Waals surface area contributed by atoms with Crippen LogP contribution in [0.5, 0.6) is 5.75 Å². The molecule has 0 saturated carbocycles. The van der Waals surface area contributed by atoms with Gasteiger partial charge in [0.2, 0.25) is 5.95 Å². The van der Waals surface area contributed by atoms with Gasteiger partial charge in [0.1, 0.15) is 17.4 Å². The fourth-order valence-corrected chi connectivity index (χ4v) is 2.56. The van der Waals surface area contributed by atoms with E-state index in [-0.39, 0.29) is 5.02 Å². The fraction of sp³-hybridized carbons (Fsp3) is 0.158. The average Bonchev–Trinajstić information content (AvgIpc) is 2.60. The second-order valence-corrected chi connectivity index (χ2v) is 5.93. The normalized spacial score (nSPS) is 10.5. The summed E-state index contributed by atoms with van der Waals surface area (Å²) in [5, 5.41) is 6.32. The molecule has 3 aromatic rings. The number of ether oxygens (including phenoxy) is 1. The quantitative estimate of drug-likeness (QED) is 0.601. The monoisotopic (exact) mass is 372 g/mol. The van der Waals surface area contributed by atoms with Gasteiger partial charge < -0.3 is 15.4 Å². The zero-order chi connectivity index (χ0) is 18.5. The highest BCUT2D eigenvalue weighted by Gasteiger charge is 2.08. The third-order valence-corrected chi connectivity index (χ3v) is 3.77. The Morgan fingerprint density at radius 2 is 1.88 bits per heavy atom. The van der Waals surface area contributed by atoms with Crippen molar-refractivity contribution in [3.8, 4) is 5.75 Å². The Labute approximate surface area is 156 Å². The molecule has 0 bridgehead atoms. The number of rotatable bonds is 6. The molecule has 0 aliphatic carbocycles. The molecule has 0 aliphatic heterocycles. The van der Waals surface area contributed by atoms with Crippen LogP contribution in [0.4, 0.5) is 27.5 Å². The van der Waals surface area contributed by atoms with Crippen molar-refractivity contribution in [1.29, 1.82) is 0 Å². The summed E-state index contributed by atoms with van der Waals surface area (Å²) in [4.78, 5) is 8.85. The molecular weight excluding hydrogens is 355 g/mol. The molecule has 0 aliphatic rings. The lowest BCUT2D eigenvalue weighted by Crippen LogP contribution is -2.04. The van der Waals surface area contributed by atoms with Gasteiger partial charge in [-0.3, -0.25) is 0 Å². The van der Waals surface area contributed by atoms with Crippen LogP contribution >= 0.6 is 11.6 Å². The fourth-order valence-electron chi connectivity index (χ4n) is 2.38. The first-order valence-corrected chi connectivity index (χ1v) is 8.49. The zero-order valence-electron chi connectivity index (χ0n) is 14.4. The van der Waals surface area contributed by atoms with Gasteiger partial charge in [0.25, 0.3) is 0 Å². The highest BCUT2D eigenvalue weighted by Crippen LogP contribution is 2.27. The standard InChI is InChI=1S/C19H18ClFN4O/c1-3-26-17-7-5-4-6-16(17)24-19-22-12(2)10-18(25-19)23-13-8-9-15(21)14(20)11-13/h4-11H,3H2,1-2H3,(H2,22,23,24,25). The van der Waals surface area contributed by atoms with Crippen molar-refractivity contribution in [2.24, 2.45) is 0 Å². The van der Waals surface area contributed by atoms with Crippen LogP contribution in [0.3, 0.4) is 0 Å². The molecule has 1 heterocycles. The second kappa shape index (κ2) is 8.01. The summed E-state index contributed by atoms with van der Waals surface area (Å²) in [7, 11) is 0. The van der Waals surface area contributed by atoms with Gasteiger partial charge in [-0.2, -0.15) is 4.98 Å². The molecule has 0 radical (unpaired) electrons. The lowest BCUT2D eigenvalue weighted by atomic mass is 10.3. The van der Waals surface area contributed by atoms with E-state index in [0.29, 0.717) is 24.1 Å². The molecule has 2 aromatic carbocycles. The summed E-state index contributed by atoms with van der Waals surface area (Å²) in [6, 6.07) is 13.8. The van der Waals surface area contributed by atoms with Gasteiger partial charge in [-0.25, -0.2) is 9.37 Å². The van der Waals surface area contributed by atoms with E-state index in [1.807, 2.05) is 38.1 Å². The van der Waals surface area contributed by atoms with Crippen LogP contribution in [0.25, 0.3) is 0 Å². The van der Waals surface area contributed by atoms with Crippen molar-refractivity contribution in [3.63, 3.8) is 0 Å². The maximum Gasteiger partial charge on any atom is 0.229 e. The third kappa shape index (κ3) is 4.40. The van der Waals surface area contributed by atoms with Crippen molar-refractivity contribution in [2.45, 2.75) is 13.8 Å². The predicted octanol–water partition coefficient (Wildman–Crippen LogP) is 5.46. The van der Waals surface area contributed by atoms with Crippen molar-refractivity contribution < 1.29 is 9.13 Å². The predicted molar refractivity (Wildman–Crippen MR) is 102 cm³/mol. The number of halogens is 2. The van der Waals surface area contributed by atoms with Gasteiger partial charge in [0, 0.05) is 17.4 Å². The number of para-hydroxylation sites is 2. The zero-order valence-corrected chi connectivity index (χ0v) is 15.1. The van der Waals surface area contributed by atoms with Crippen molar-refractivity contribution in [2.75, 3.05) is 17.2 Å². The summed E-state index contributed by atoms with van der Waals surface area (Å²) in [6.07, 6.45) is 0. The first-order chi connectivity index (χ1) is 12.5. The minimum absolute atomic E-state index is 0.0461. The van der Waals surface area contributed by atoms with E-state index in [1.54, 1.807) is 12.1 Å². The van der Waals surface area contributed by atoms with E-state index in [2.05, 4.69) is 20.6 Å². The average molecular weight is 373 g/mol. The molecule has 0 saturated heterocycles. The van der Waals surface area contributed by atoms with Crippen LogP contribution in [-0.4, -0.2) is 16.6 Å². The molecule has 0 unspecified atom stereocenters. The lowest BCUT2D eigenvalue weighted by Gasteiger charge is -2.13. The van der Waals surface area contributed by atoms with Gasteiger partial charge in [-0.1, -0.05) is 23.7 Å². The van der Waals surface area contributed by atoms with E-state index in [0.717, 1.165) is 17.1 Å². The molecule has 1 aromatic heterocycles. The van der Waals surface area contributed by atoms with E-state index in [9.17, 15) is 4.39 Å². The molecule has 134 valence electrons. The van der Waals surface area contributed by atoms with Gasteiger partial charge in [-0.05, 0) is 44.2 Å². The number of benzene rings is 2. The molecule has 2 N–H and O–H groups in total. The third-order valence-electron chi connectivity index (χ3n) is 3.48. The summed E-state index contributed by atoms with van der Waals surface area (Å²) < 4.78 is 18.9. The Morgan fingerprint density at radius 1 is 1.08 bits per heavy atom. The molecule has 0 atom stereocenters. The Hall–Kier alpha value is -2.86. The molecule has 26 heavy (non-hydrogen) atoms. The first kappa shape index (κ1) is 17.9. The lowest BCUT2D eigenvalue weighted by molar-refractivity contribution is 0.342. The molecular formula is C19H18ClFN4O. The van der Waals surface area contributed by atoms with Crippen LogP contribution in [0, 0.1) is 12.7 Å². The van der Waals surface area contributed by atoms with E-state index < -0.39 is 5.82 Å². The number of hydrogen-bond acceptors (Lipinski definition) is 5. The SMILES string of the molecule is CCOc1ccccc1Nc1nc(C)cc(Nc2ccc(F)c(Cl)c2)n1. The molecule has 5 nitrogen and oxygen atoms in total. The van der Waals surface area contributed by atoms with Crippen molar-refractivity contribution in [1.82, 2.24) is 9.97 Å². The number of hydrogen-bond donors (Lipinski definition) is 2. The maximum atomic E-state index is 13.3. The molecule has 7 heteroatoms. The van der Waals surface area contributed by atoms with Gasteiger partial charge in [0.05, 0.1) is 17.3 Å². The minimum atomic E-state index is -0.467. The molecule has 3 rings (SSSR count). The summed E-state index contributed by atoms with van der Waals surface area (Å²) in [6.45, 7) is 4.35. The van der Waals surface area contributed by atoms with Crippen molar-refractivity contribution >= 4 is 34.7 Å². The second-order valence-electron chi connectivity index (χ2n) is 5.53. The molecule has 0 fully saturated rings. The minimum Gasteiger partial charge on any atom is -0.492 e. The Morgan fingerprint density at radius 3 is 2.65 bits per heavy atom. The molecule has 0 amide bonds. The van der Waals surface area contributed by atoms with Gasteiger partial charge in [0.15, 0.2) is 0 Å². The Kier molecular flexibility index (Phi) is 5.53. The number of nitrogens with zero attached hydrogens (tertiary/aromatic N) is 2. The van der Waals surface area contributed by atoms with Crippen LogP contribution in [0.2, 0.25) is 5.02 Å². The maximum absolute atomic E-state index is 13.3. The highest BCUT2D eigenvalue weighted by atomic mass is 35.5. The van der Waals surface area contributed by atoms with E-state index in [4.69, 9.17) is 16.3 Å². The van der Waals surface area contributed by atoms with E-state index in [1.165, 1.54) is 12.1 Å². The summed E-state index contributed by atoms with van der Waals surface area (Å²) in [5.41, 5.74) is 2.18. The summed E-state index contributed by atoms with van der Waals surface area (Å²) >= 11 is 5.82. The highest BCUT2D eigenvalue weighted by molar-refractivity contribution is 6.31. The Bertz CT molecular complexity index is 920. The van der Waals surface area contributed by atoms with Crippen LogP contribution in [0.15, 0.2) is 48.5 Å². The van der Waals surface area contributed by atoms with Gasteiger partial charge in [-0.15, -0.1) is 0 Å².